The van der Waals surface area contributed by atoms with Crippen molar-refractivity contribution in [1.29, 1.82) is 0 Å². The van der Waals surface area contributed by atoms with Gasteiger partial charge in [0, 0.05) is 32.7 Å². The van der Waals surface area contributed by atoms with Crippen LogP contribution in [0, 0.1) is 5.82 Å². The second-order valence-corrected chi connectivity index (χ2v) is 6.41. The van der Waals surface area contributed by atoms with E-state index in [2.05, 4.69) is 27.2 Å². The van der Waals surface area contributed by atoms with E-state index in [4.69, 9.17) is 17.0 Å². The molecule has 2 aromatic carbocycles. The van der Waals surface area contributed by atoms with Gasteiger partial charge in [0.1, 0.15) is 11.6 Å². The Kier molecular flexibility index (Phi) is 5.83. The molecule has 1 aliphatic rings. The largest absolute Gasteiger partial charge is 0.497 e. The molecule has 0 amide bonds. The maximum Gasteiger partial charge on any atom is 0.173 e. The molecule has 0 aliphatic carbocycles. The Bertz CT molecular complexity index is 732. The Morgan fingerprint density at radius 1 is 1.12 bits per heavy atom. The van der Waals surface area contributed by atoms with Gasteiger partial charge in [-0.05, 0) is 42.0 Å². The van der Waals surface area contributed by atoms with Crippen LogP contribution in [0.1, 0.15) is 5.56 Å². The topological polar surface area (TPSA) is 27.7 Å². The Labute approximate surface area is 153 Å². The molecule has 1 saturated heterocycles. The summed E-state index contributed by atoms with van der Waals surface area (Å²) in [6, 6.07) is 14.7. The Morgan fingerprint density at radius 2 is 1.88 bits per heavy atom. The van der Waals surface area contributed by atoms with E-state index in [1.54, 1.807) is 25.3 Å². The van der Waals surface area contributed by atoms with Crippen LogP contribution in [-0.4, -0.2) is 48.2 Å². The number of hydrogen-bond acceptors (Lipinski definition) is 3. The van der Waals surface area contributed by atoms with Crippen LogP contribution in [0.4, 0.5) is 10.1 Å². The first-order valence-corrected chi connectivity index (χ1v) is 8.72. The van der Waals surface area contributed by atoms with Crippen LogP contribution < -0.4 is 10.1 Å². The number of methoxy groups -OCH3 is 1. The van der Waals surface area contributed by atoms with Gasteiger partial charge in [0.25, 0.3) is 0 Å². The first kappa shape index (κ1) is 17.6. The van der Waals surface area contributed by atoms with Crippen molar-refractivity contribution in [2.24, 2.45) is 0 Å². The minimum absolute atomic E-state index is 0.290. The van der Waals surface area contributed by atoms with Crippen molar-refractivity contribution < 1.29 is 9.13 Å². The van der Waals surface area contributed by atoms with Gasteiger partial charge in [0.15, 0.2) is 5.11 Å². The third-order valence-corrected chi connectivity index (χ3v) is 4.68. The highest BCUT2D eigenvalue weighted by molar-refractivity contribution is 7.80. The zero-order chi connectivity index (χ0) is 17.6. The third-order valence-electron chi connectivity index (χ3n) is 4.32. The van der Waals surface area contributed by atoms with E-state index >= 15 is 0 Å². The molecule has 132 valence electrons. The quantitative estimate of drug-likeness (QED) is 0.845. The molecule has 0 bridgehead atoms. The Hall–Kier alpha value is -2.18. The molecule has 0 spiro atoms. The number of rotatable bonds is 4. The minimum atomic E-state index is -0.290. The number of nitrogens with zero attached hydrogens (tertiary/aromatic N) is 2. The van der Waals surface area contributed by atoms with Crippen LogP contribution in [0.5, 0.6) is 5.75 Å². The molecule has 3 rings (SSSR count). The van der Waals surface area contributed by atoms with E-state index in [-0.39, 0.29) is 5.82 Å². The highest BCUT2D eigenvalue weighted by atomic mass is 32.1. The number of ether oxygens (including phenoxy) is 1. The summed E-state index contributed by atoms with van der Waals surface area (Å²) in [6.45, 7) is 4.36. The molecule has 4 nitrogen and oxygen atoms in total. The SMILES string of the molecule is COc1cccc(CN2CCN(C(=S)Nc3ccccc3F)CC2)c1. The van der Waals surface area contributed by atoms with E-state index in [0.29, 0.717) is 10.8 Å². The summed E-state index contributed by atoms with van der Waals surface area (Å²) < 4.78 is 19.0. The van der Waals surface area contributed by atoms with Crippen molar-refractivity contribution in [2.45, 2.75) is 6.54 Å². The average Bonchev–Trinajstić information content (AvgIpc) is 2.64. The van der Waals surface area contributed by atoms with Crippen LogP contribution in [0.15, 0.2) is 48.5 Å². The van der Waals surface area contributed by atoms with Crippen LogP contribution in [0.3, 0.4) is 0 Å². The van der Waals surface area contributed by atoms with Crippen molar-refractivity contribution in [3.05, 3.63) is 59.9 Å². The summed E-state index contributed by atoms with van der Waals surface area (Å²) in [5, 5.41) is 3.58. The molecule has 0 unspecified atom stereocenters. The van der Waals surface area contributed by atoms with E-state index < -0.39 is 0 Å². The lowest BCUT2D eigenvalue weighted by molar-refractivity contribution is 0.177. The van der Waals surface area contributed by atoms with E-state index in [1.807, 2.05) is 12.1 Å². The number of piperazine rings is 1. The third kappa shape index (κ3) is 4.67. The molecule has 1 heterocycles. The number of para-hydroxylation sites is 1. The smallest absolute Gasteiger partial charge is 0.173 e. The molecule has 0 aromatic heterocycles. The Morgan fingerprint density at radius 3 is 2.60 bits per heavy atom. The number of nitrogens with one attached hydrogen (secondary N) is 1. The standard InChI is InChI=1S/C19H22FN3OS/c1-24-16-6-4-5-15(13-16)14-22-9-11-23(12-10-22)19(25)21-18-8-3-2-7-17(18)20/h2-8,13H,9-12,14H2,1H3,(H,21,25). The van der Waals surface area contributed by atoms with Crippen LogP contribution in [0.2, 0.25) is 0 Å². The normalized spacial score (nSPS) is 15.0. The summed E-state index contributed by atoms with van der Waals surface area (Å²) in [6.07, 6.45) is 0. The van der Waals surface area contributed by atoms with Crippen molar-refractivity contribution in [3.8, 4) is 5.75 Å². The van der Waals surface area contributed by atoms with Gasteiger partial charge in [-0.25, -0.2) is 4.39 Å². The van der Waals surface area contributed by atoms with Gasteiger partial charge in [-0.15, -0.1) is 0 Å². The number of benzene rings is 2. The highest BCUT2D eigenvalue weighted by Gasteiger charge is 2.19. The van der Waals surface area contributed by atoms with Crippen molar-refractivity contribution in [3.63, 3.8) is 0 Å². The number of hydrogen-bond donors (Lipinski definition) is 1. The maximum atomic E-state index is 13.7. The van der Waals surface area contributed by atoms with Crippen LogP contribution in [-0.2, 0) is 6.54 Å². The number of halogens is 1. The van der Waals surface area contributed by atoms with E-state index in [9.17, 15) is 4.39 Å². The monoisotopic (exact) mass is 359 g/mol. The summed E-state index contributed by atoms with van der Waals surface area (Å²) in [5.74, 6) is 0.591. The zero-order valence-corrected chi connectivity index (χ0v) is 15.1. The summed E-state index contributed by atoms with van der Waals surface area (Å²) in [5.41, 5.74) is 1.66. The van der Waals surface area contributed by atoms with Gasteiger partial charge < -0.3 is 15.0 Å². The predicted octanol–water partition coefficient (Wildman–Crippen LogP) is 3.35. The predicted molar refractivity (Wildman–Crippen MR) is 102 cm³/mol. The first-order chi connectivity index (χ1) is 12.2. The van der Waals surface area contributed by atoms with Gasteiger partial charge >= 0.3 is 0 Å². The molecular weight excluding hydrogens is 337 g/mol. The second kappa shape index (κ2) is 8.27. The lowest BCUT2D eigenvalue weighted by Crippen LogP contribution is -2.49. The first-order valence-electron chi connectivity index (χ1n) is 8.31. The fourth-order valence-corrected chi connectivity index (χ4v) is 3.19. The highest BCUT2D eigenvalue weighted by Crippen LogP contribution is 2.17. The van der Waals surface area contributed by atoms with Crippen molar-refractivity contribution in [2.75, 3.05) is 38.6 Å². The minimum Gasteiger partial charge on any atom is -0.497 e. The fraction of sp³-hybridized carbons (Fsp3) is 0.316. The van der Waals surface area contributed by atoms with Gasteiger partial charge in [-0.3, -0.25) is 4.90 Å². The van der Waals surface area contributed by atoms with Gasteiger partial charge in [-0.1, -0.05) is 24.3 Å². The lowest BCUT2D eigenvalue weighted by Gasteiger charge is -2.36. The van der Waals surface area contributed by atoms with Crippen LogP contribution >= 0.6 is 12.2 Å². The molecule has 0 saturated carbocycles. The molecule has 1 aliphatic heterocycles. The molecule has 0 radical (unpaired) electrons. The van der Waals surface area contributed by atoms with Gasteiger partial charge in [0.05, 0.1) is 12.8 Å². The zero-order valence-electron chi connectivity index (χ0n) is 14.2. The molecule has 2 aromatic rings. The number of anilines is 1. The van der Waals surface area contributed by atoms with E-state index in [0.717, 1.165) is 38.5 Å². The molecule has 1 fully saturated rings. The number of thiocarbonyl (C=S) groups is 1. The maximum absolute atomic E-state index is 13.7. The molecule has 6 heteroatoms. The average molecular weight is 359 g/mol. The molecule has 1 N–H and O–H groups in total. The Balaban J connectivity index is 1.51. The van der Waals surface area contributed by atoms with Crippen LogP contribution in [0.25, 0.3) is 0 Å². The lowest BCUT2D eigenvalue weighted by atomic mass is 10.2. The summed E-state index contributed by atoms with van der Waals surface area (Å²) in [7, 11) is 1.68. The van der Waals surface area contributed by atoms with Crippen molar-refractivity contribution >= 4 is 23.0 Å². The van der Waals surface area contributed by atoms with Gasteiger partial charge in [0.2, 0.25) is 0 Å². The summed E-state index contributed by atoms with van der Waals surface area (Å²) >= 11 is 5.43. The van der Waals surface area contributed by atoms with E-state index in [1.165, 1.54) is 11.6 Å². The fourth-order valence-electron chi connectivity index (χ4n) is 2.89. The molecule has 25 heavy (non-hydrogen) atoms. The molecular formula is C19H22FN3OS. The summed E-state index contributed by atoms with van der Waals surface area (Å²) in [4.78, 5) is 4.47. The molecule has 0 atom stereocenters. The van der Waals surface area contributed by atoms with Gasteiger partial charge in [-0.2, -0.15) is 0 Å². The second-order valence-electron chi connectivity index (χ2n) is 6.02. The van der Waals surface area contributed by atoms with Crippen molar-refractivity contribution in [1.82, 2.24) is 9.80 Å².